The summed E-state index contributed by atoms with van der Waals surface area (Å²) in [5.74, 6) is 0. The lowest BCUT2D eigenvalue weighted by molar-refractivity contribution is -0.0994. The lowest BCUT2D eigenvalue weighted by Gasteiger charge is -2.32. The topological polar surface area (TPSA) is 88.2 Å². The van der Waals surface area contributed by atoms with Gasteiger partial charge in [-0.1, -0.05) is 0 Å². The summed E-state index contributed by atoms with van der Waals surface area (Å²) in [7, 11) is 0. The van der Waals surface area contributed by atoms with Gasteiger partial charge in [0.15, 0.2) is 0 Å². The van der Waals surface area contributed by atoms with E-state index in [4.69, 9.17) is 25.4 Å². The molecule has 0 aromatic heterocycles. The molecular weight excluding hydrogens is 272 g/mol. The molecule has 0 saturated carbocycles. The largest absolute Gasteiger partial charge is 0.395 e. The fourth-order valence-corrected chi connectivity index (χ4v) is 1.55. The Morgan fingerprint density at radius 3 is 1.48 bits per heavy atom. The van der Waals surface area contributed by atoms with Crippen LogP contribution in [0.5, 0.6) is 0 Å². The molecule has 0 aliphatic rings. The van der Waals surface area contributed by atoms with E-state index in [1.54, 1.807) is 0 Å². The number of nitrogens with two attached hydrogens (primary N) is 1. The van der Waals surface area contributed by atoms with Gasteiger partial charge < -0.3 is 25.4 Å². The molecule has 6 heteroatoms. The molecule has 4 N–H and O–H groups in total. The molecule has 0 rings (SSSR count). The summed E-state index contributed by atoms with van der Waals surface area (Å²) in [5, 5.41) is 17.8. The van der Waals surface area contributed by atoms with Crippen molar-refractivity contribution in [1.82, 2.24) is 4.90 Å². The van der Waals surface area contributed by atoms with E-state index < -0.39 is 0 Å². The fourth-order valence-electron chi connectivity index (χ4n) is 1.55. The molecule has 0 heterocycles. The van der Waals surface area contributed by atoms with E-state index in [1.165, 1.54) is 0 Å². The maximum absolute atomic E-state index is 8.91. The third kappa shape index (κ3) is 14.5. The molecule has 21 heavy (non-hydrogen) atoms. The number of nitrogens with zero attached hydrogens (tertiary/aromatic N) is 1. The van der Waals surface area contributed by atoms with E-state index in [9.17, 15) is 0 Å². The molecule has 0 radical (unpaired) electrons. The molecule has 2 unspecified atom stereocenters. The third-order valence-electron chi connectivity index (χ3n) is 2.85. The maximum Gasteiger partial charge on any atom is 0.147 e. The highest BCUT2D eigenvalue weighted by molar-refractivity contribution is 4.72. The highest BCUT2D eigenvalue weighted by Crippen LogP contribution is 2.03. The second-order valence-electron chi connectivity index (χ2n) is 5.64. The van der Waals surface area contributed by atoms with Crippen molar-refractivity contribution in [2.45, 2.75) is 65.8 Å². The van der Waals surface area contributed by atoms with Crippen LogP contribution in [-0.4, -0.2) is 72.5 Å². The van der Waals surface area contributed by atoms with Gasteiger partial charge in [0.05, 0.1) is 25.4 Å². The number of rotatable bonds is 10. The SMILES string of the molecule is CC(C)OCOC(C)C.CC(CO)N(CCN)C(C)CO. The first-order valence-electron chi connectivity index (χ1n) is 7.70. The lowest BCUT2D eigenvalue weighted by Crippen LogP contribution is -2.46. The van der Waals surface area contributed by atoms with Crippen LogP contribution in [-0.2, 0) is 9.47 Å². The van der Waals surface area contributed by atoms with E-state index in [-0.39, 0.29) is 37.5 Å². The molecule has 0 spiro atoms. The molecule has 2 atom stereocenters. The van der Waals surface area contributed by atoms with Crippen molar-refractivity contribution in [1.29, 1.82) is 0 Å². The van der Waals surface area contributed by atoms with Crippen molar-refractivity contribution >= 4 is 0 Å². The molecule has 0 bridgehead atoms. The number of ether oxygens (including phenoxy) is 2. The molecule has 0 amide bonds. The second-order valence-corrected chi connectivity index (χ2v) is 5.64. The molecule has 0 aromatic carbocycles. The molecule has 6 nitrogen and oxygen atoms in total. The zero-order chi connectivity index (χ0) is 16.8. The minimum Gasteiger partial charge on any atom is -0.395 e. The molecule has 0 aliphatic heterocycles. The van der Waals surface area contributed by atoms with Crippen LogP contribution in [0.25, 0.3) is 0 Å². The average Bonchev–Trinajstić information content (AvgIpc) is 2.43. The molecular formula is C15H36N2O4. The zero-order valence-corrected chi connectivity index (χ0v) is 14.6. The van der Waals surface area contributed by atoms with Gasteiger partial charge in [0.25, 0.3) is 0 Å². The standard InChI is InChI=1S/C8H20N2O2.C7H16O2/c1-7(5-11)10(4-3-9)8(2)6-12;1-6(2)8-5-9-7(3)4/h7-8,11-12H,3-6,9H2,1-2H3;6-7H,5H2,1-4H3. The van der Waals surface area contributed by atoms with Crippen molar-refractivity contribution in [2.75, 3.05) is 33.1 Å². The minimum atomic E-state index is 0.0655. The van der Waals surface area contributed by atoms with Gasteiger partial charge in [0.1, 0.15) is 6.79 Å². The Morgan fingerprint density at radius 1 is 0.857 bits per heavy atom. The Kier molecular flexibility index (Phi) is 16.1. The van der Waals surface area contributed by atoms with Crippen molar-refractivity contribution in [2.24, 2.45) is 5.73 Å². The van der Waals surface area contributed by atoms with Gasteiger partial charge in [0.2, 0.25) is 0 Å². The summed E-state index contributed by atoms with van der Waals surface area (Å²) in [6.07, 6.45) is 0.535. The maximum atomic E-state index is 8.91. The summed E-state index contributed by atoms with van der Waals surface area (Å²) >= 11 is 0. The van der Waals surface area contributed by atoms with Crippen LogP contribution >= 0.6 is 0 Å². The van der Waals surface area contributed by atoms with Gasteiger partial charge in [-0.15, -0.1) is 0 Å². The van der Waals surface area contributed by atoms with Crippen LogP contribution < -0.4 is 5.73 Å². The van der Waals surface area contributed by atoms with Gasteiger partial charge in [0, 0.05) is 25.2 Å². The van der Waals surface area contributed by atoms with E-state index in [1.807, 2.05) is 46.4 Å². The van der Waals surface area contributed by atoms with Crippen LogP contribution in [0.15, 0.2) is 0 Å². The Bertz CT molecular complexity index is 198. The van der Waals surface area contributed by atoms with Gasteiger partial charge in [-0.2, -0.15) is 0 Å². The average molecular weight is 308 g/mol. The Hall–Kier alpha value is -0.240. The van der Waals surface area contributed by atoms with Crippen LogP contribution in [0.4, 0.5) is 0 Å². The first-order chi connectivity index (χ1) is 9.79. The third-order valence-corrected chi connectivity index (χ3v) is 2.85. The van der Waals surface area contributed by atoms with Crippen molar-refractivity contribution in [3.8, 4) is 0 Å². The Balaban J connectivity index is 0. The van der Waals surface area contributed by atoms with Crippen LogP contribution in [0.3, 0.4) is 0 Å². The van der Waals surface area contributed by atoms with Crippen LogP contribution in [0.1, 0.15) is 41.5 Å². The minimum absolute atomic E-state index is 0.0655. The Labute approximate surface area is 130 Å². The van der Waals surface area contributed by atoms with Gasteiger partial charge in [-0.3, -0.25) is 4.90 Å². The zero-order valence-electron chi connectivity index (χ0n) is 14.6. The number of aliphatic hydroxyl groups is 2. The molecule has 0 fully saturated rings. The summed E-state index contributed by atoms with van der Waals surface area (Å²) in [4.78, 5) is 2.00. The normalized spacial score (nSPS) is 14.3. The van der Waals surface area contributed by atoms with Crippen LogP contribution in [0, 0.1) is 0 Å². The smallest absolute Gasteiger partial charge is 0.147 e. The first kappa shape index (κ1) is 23.0. The summed E-state index contributed by atoms with van der Waals surface area (Å²) in [5.41, 5.74) is 5.41. The fraction of sp³-hybridized carbons (Fsp3) is 1.00. The van der Waals surface area contributed by atoms with Crippen LogP contribution in [0.2, 0.25) is 0 Å². The highest BCUT2D eigenvalue weighted by Gasteiger charge is 2.17. The van der Waals surface area contributed by atoms with E-state index >= 15 is 0 Å². The first-order valence-corrected chi connectivity index (χ1v) is 7.70. The number of hydrogen-bond donors (Lipinski definition) is 3. The molecule has 0 aliphatic carbocycles. The predicted molar refractivity (Wildman–Crippen MR) is 86.2 cm³/mol. The number of hydrogen-bond acceptors (Lipinski definition) is 6. The van der Waals surface area contributed by atoms with E-state index in [0.29, 0.717) is 19.9 Å². The molecule has 0 saturated heterocycles. The Morgan fingerprint density at radius 2 is 1.24 bits per heavy atom. The van der Waals surface area contributed by atoms with E-state index in [0.717, 1.165) is 0 Å². The van der Waals surface area contributed by atoms with E-state index in [2.05, 4.69) is 0 Å². The van der Waals surface area contributed by atoms with Gasteiger partial charge >= 0.3 is 0 Å². The van der Waals surface area contributed by atoms with Gasteiger partial charge in [-0.05, 0) is 41.5 Å². The lowest BCUT2D eigenvalue weighted by atomic mass is 10.2. The predicted octanol–water partition coefficient (Wildman–Crippen LogP) is 0.803. The number of aliphatic hydroxyl groups excluding tert-OH is 2. The highest BCUT2D eigenvalue weighted by atomic mass is 16.7. The monoisotopic (exact) mass is 308 g/mol. The van der Waals surface area contributed by atoms with Gasteiger partial charge in [-0.25, -0.2) is 0 Å². The molecule has 0 aromatic rings. The molecule has 130 valence electrons. The second kappa shape index (κ2) is 14.7. The quantitative estimate of drug-likeness (QED) is 0.518. The summed E-state index contributed by atoms with van der Waals surface area (Å²) in [6.45, 7) is 13.7. The van der Waals surface area contributed by atoms with Crippen molar-refractivity contribution < 1.29 is 19.7 Å². The summed E-state index contributed by atoms with van der Waals surface area (Å²) in [6, 6.07) is 0.131. The van der Waals surface area contributed by atoms with Crippen molar-refractivity contribution in [3.63, 3.8) is 0 Å². The van der Waals surface area contributed by atoms with Crippen molar-refractivity contribution in [3.05, 3.63) is 0 Å². The summed E-state index contributed by atoms with van der Waals surface area (Å²) < 4.78 is 10.3.